The van der Waals surface area contributed by atoms with E-state index in [4.69, 9.17) is 5.10 Å². The summed E-state index contributed by atoms with van der Waals surface area (Å²) in [4.78, 5) is 24.5. The lowest BCUT2D eigenvalue weighted by molar-refractivity contribution is 0.0693. The maximum atomic E-state index is 13.7. The summed E-state index contributed by atoms with van der Waals surface area (Å²) in [5.74, 6) is -1.58. The minimum absolute atomic E-state index is 0.140. The first-order valence-electron chi connectivity index (χ1n) is 11.1. The molecule has 5 rings (SSSR count). The Labute approximate surface area is 195 Å². The molecule has 2 aromatic heterocycles. The van der Waals surface area contributed by atoms with Gasteiger partial charge in [0.2, 0.25) is 0 Å². The van der Waals surface area contributed by atoms with Crippen LogP contribution >= 0.6 is 0 Å². The zero-order valence-corrected chi connectivity index (χ0v) is 19.1. The molecule has 0 fully saturated rings. The third kappa shape index (κ3) is 3.53. The molecule has 1 aliphatic rings. The van der Waals surface area contributed by atoms with Gasteiger partial charge >= 0.3 is 5.97 Å². The molecule has 1 atom stereocenters. The number of halogens is 1. The lowest BCUT2D eigenvalue weighted by Crippen LogP contribution is -2.35. The molecule has 2 aromatic carbocycles. The average molecular weight is 458 g/mol. The smallest absolute Gasteiger partial charge is 0.341 e. The number of pyridine rings is 1. The van der Waals surface area contributed by atoms with Crippen LogP contribution in [-0.4, -0.2) is 25.4 Å². The number of nitrogens with zero attached hydrogens (tertiary/aromatic N) is 3. The van der Waals surface area contributed by atoms with Crippen LogP contribution in [0.4, 0.5) is 4.39 Å². The van der Waals surface area contributed by atoms with Crippen LogP contribution in [0.25, 0.3) is 33.8 Å². The Morgan fingerprint density at radius 2 is 1.74 bits per heavy atom. The summed E-state index contributed by atoms with van der Waals surface area (Å²) in [5, 5.41) is 14.5. The van der Waals surface area contributed by atoms with Crippen molar-refractivity contribution in [2.45, 2.75) is 33.4 Å². The van der Waals surface area contributed by atoms with E-state index in [1.807, 2.05) is 39.6 Å². The van der Waals surface area contributed by atoms with E-state index >= 15 is 0 Å². The fourth-order valence-electron chi connectivity index (χ4n) is 4.64. The number of aromatic nitrogens is 3. The molecule has 1 aliphatic heterocycles. The van der Waals surface area contributed by atoms with Crippen molar-refractivity contribution >= 4 is 5.97 Å². The second kappa shape index (κ2) is 7.80. The van der Waals surface area contributed by atoms with Crippen LogP contribution < -0.4 is 5.43 Å². The maximum absolute atomic E-state index is 13.7. The van der Waals surface area contributed by atoms with E-state index in [-0.39, 0.29) is 22.8 Å². The summed E-state index contributed by atoms with van der Waals surface area (Å²) in [5.41, 5.74) is 3.44. The average Bonchev–Trinajstić information content (AvgIpc) is 3.18. The first-order valence-corrected chi connectivity index (χ1v) is 11.1. The van der Waals surface area contributed by atoms with E-state index in [0.717, 1.165) is 22.4 Å². The summed E-state index contributed by atoms with van der Waals surface area (Å²) in [6, 6.07) is 17.2. The van der Waals surface area contributed by atoms with Crippen LogP contribution in [0.2, 0.25) is 0 Å². The SMILES string of the molecule is CC(C)(C)[C@@H]1Cn2nc(-c3ccc(F)cc3)c(-c3ccccc3)c2-c2cc(=O)c(C(=O)O)cn21. The van der Waals surface area contributed by atoms with Crippen LogP contribution in [0.5, 0.6) is 0 Å². The zero-order valence-electron chi connectivity index (χ0n) is 19.1. The van der Waals surface area contributed by atoms with E-state index in [0.29, 0.717) is 17.9 Å². The number of aromatic carboxylic acids is 1. The molecular weight excluding hydrogens is 433 g/mol. The highest BCUT2D eigenvalue weighted by Crippen LogP contribution is 2.46. The number of hydrogen-bond donors (Lipinski definition) is 1. The summed E-state index contributed by atoms with van der Waals surface area (Å²) in [7, 11) is 0. The van der Waals surface area contributed by atoms with E-state index in [2.05, 4.69) is 20.8 Å². The Morgan fingerprint density at radius 3 is 2.35 bits per heavy atom. The molecule has 0 unspecified atom stereocenters. The molecule has 1 N–H and O–H groups in total. The van der Waals surface area contributed by atoms with Crippen molar-refractivity contribution in [3.63, 3.8) is 0 Å². The van der Waals surface area contributed by atoms with Gasteiger partial charge in [-0.1, -0.05) is 51.1 Å². The van der Waals surface area contributed by atoms with Crippen LogP contribution in [-0.2, 0) is 6.54 Å². The molecule has 34 heavy (non-hydrogen) atoms. The van der Waals surface area contributed by atoms with Gasteiger partial charge in [-0.25, -0.2) is 9.18 Å². The van der Waals surface area contributed by atoms with Crippen LogP contribution in [0.15, 0.2) is 71.7 Å². The summed E-state index contributed by atoms with van der Waals surface area (Å²) < 4.78 is 17.5. The van der Waals surface area contributed by atoms with E-state index < -0.39 is 11.4 Å². The Morgan fingerprint density at radius 1 is 1.06 bits per heavy atom. The minimum Gasteiger partial charge on any atom is -0.477 e. The Hall–Kier alpha value is -4.00. The fraction of sp³-hybridized carbons (Fsp3) is 0.222. The van der Waals surface area contributed by atoms with Gasteiger partial charge in [-0.2, -0.15) is 5.10 Å². The van der Waals surface area contributed by atoms with Gasteiger partial charge in [0.05, 0.1) is 24.0 Å². The predicted octanol–water partition coefficient (Wildman–Crippen LogP) is 5.48. The van der Waals surface area contributed by atoms with E-state index in [9.17, 15) is 19.1 Å². The number of benzene rings is 2. The van der Waals surface area contributed by atoms with Gasteiger partial charge in [0, 0.05) is 23.4 Å². The second-order valence-corrected chi connectivity index (χ2v) is 9.66. The third-order valence-electron chi connectivity index (χ3n) is 6.37. The second-order valence-electron chi connectivity index (χ2n) is 9.66. The molecule has 0 radical (unpaired) electrons. The topological polar surface area (TPSA) is 77.1 Å². The first kappa shape index (κ1) is 21.8. The Balaban J connectivity index is 1.87. The molecule has 0 saturated heterocycles. The number of carbonyl (C=O) groups is 1. The number of fused-ring (bicyclic) bond motifs is 3. The van der Waals surface area contributed by atoms with Crippen molar-refractivity contribution in [3.05, 3.63) is 88.5 Å². The van der Waals surface area contributed by atoms with Crippen molar-refractivity contribution in [1.29, 1.82) is 0 Å². The molecule has 0 bridgehead atoms. The van der Waals surface area contributed by atoms with Crippen molar-refractivity contribution in [3.8, 4) is 33.8 Å². The quantitative estimate of drug-likeness (QED) is 0.442. The summed E-state index contributed by atoms with van der Waals surface area (Å²) in [6.07, 6.45) is 1.46. The number of hydrogen-bond acceptors (Lipinski definition) is 3. The number of rotatable bonds is 3. The molecule has 0 spiro atoms. The van der Waals surface area contributed by atoms with Crippen molar-refractivity contribution in [2.75, 3.05) is 0 Å². The first-order chi connectivity index (χ1) is 16.1. The molecule has 0 aliphatic carbocycles. The van der Waals surface area contributed by atoms with Gasteiger partial charge in [-0.05, 0) is 35.2 Å². The van der Waals surface area contributed by atoms with Gasteiger partial charge in [0.1, 0.15) is 17.1 Å². The molecule has 0 amide bonds. The van der Waals surface area contributed by atoms with Crippen molar-refractivity contribution in [1.82, 2.24) is 14.3 Å². The van der Waals surface area contributed by atoms with Crippen LogP contribution in [0.3, 0.4) is 0 Å². The van der Waals surface area contributed by atoms with E-state index in [1.165, 1.54) is 24.4 Å². The van der Waals surface area contributed by atoms with Crippen LogP contribution in [0.1, 0.15) is 37.2 Å². The summed E-state index contributed by atoms with van der Waals surface area (Å²) >= 11 is 0. The molecule has 6 nitrogen and oxygen atoms in total. The third-order valence-corrected chi connectivity index (χ3v) is 6.37. The highest BCUT2D eigenvalue weighted by molar-refractivity contribution is 5.92. The maximum Gasteiger partial charge on any atom is 0.341 e. The standard InChI is InChI=1S/C27H24FN3O3/c1-27(2,3)22-15-31-25(20-13-21(32)19(26(33)34)14-30(20)22)23(16-7-5-4-6-8-16)24(29-31)17-9-11-18(28)12-10-17/h4-14,22H,15H2,1-3H3,(H,33,34)/t22-/m0/s1. The molecule has 3 heterocycles. The highest BCUT2D eigenvalue weighted by Gasteiger charge is 2.36. The zero-order chi connectivity index (χ0) is 24.2. The Kier molecular flexibility index (Phi) is 5.01. The molecular formula is C27H24FN3O3. The van der Waals surface area contributed by atoms with Gasteiger partial charge in [-0.15, -0.1) is 0 Å². The van der Waals surface area contributed by atoms with Crippen molar-refractivity contribution < 1.29 is 14.3 Å². The molecule has 0 saturated carbocycles. The number of carboxylic acid groups (broad SMARTS) is 1. The minimum atomic E-state index is -1.25. The monoisotopic (exact) mass is 457 g/mol. The van der Waals surface area contributed by atoms with Crippen molar-refractivity contribution in [2.24, 2.45) is 5.41 Å². The van der Waals surface area contributed by atoms with Gasteiger partial charge < -0.3 is 9.67 Å². The lowest BCUT2D eigenvalue weighted by Gasteiger charge is -2.38. The normalized spacial score (nSPS) is 15.0. The molecule has 4 aromatic rings. The largest absolute Gasteiger partial charge is 0.477 e. The van der Waals surface area contributed by atoms with Gasteiger partial charge in [0.15, 0.2) is 5.43 Å². The van der Waals surface area contributed by atoms with Gasteiger partial charge in [-0.3, -0.25) is 9.48 Å². The summed E-state index contributed by atoms with van der Waals surface area (Å²) in [6.45, 7) is 6.73. The van der Waals surface area contributed by atoms with Gasteiger partial charge in [0.25, 0.3) is 0 Å². The van der Waals surface area contributed by atoms with Crippen LogP contribution in [0, 0.1) is 11.2 Å². The predicted molar refractivity (Wildman–Crippen MR) is 128 cm³/mol. The highest BCUT2D eigenvalue weighted by atomic mass is 19.1. The lowest BCUT2D eigenvalue weighted by atomic mass is 9.84. The fourth-order valence-corrected chi connectivity index (χ4v) is 4.64. The number of carboxylic acids is 1. The van der Waals surface area contributed by atoms with E-state index in [1.54, 1.807) is 12.1 Å². The molecule has 7 heteroatoms. The Bertz CT molecular complexity index is 1460. The molecule has 172 valence electrons.